The third kappa shape index (κ3) is 4.90. The van der Waals surface area contributed by atoms with Gasteiger partial charge in [-0.1, -0.05) is 30.7 Å². The Morgan fingerprint density at radius 3 is 2.55 bits per heavy atom. The fraction of sp³-hybridized carbons (Fsp3) is 0.238. The molecule has 152 valence electrons. The molecule has 1 N–H and O–H groups in total. The predicted molar refractivity (Wildman–Crippen MR) is 108 cm³/mol. The van der Waals surface area contributed by atoms with Crippen LogP contribution in [-0.4, -0.2) is 25.9 Å². The maximum atomic E-state index is 12.5. The minimum absolute atomic E-state index is 0.0139. The Labute approximate surface area is 169 Å². The SMILES string of the molecule is CCNS(=O)(=O)c1ccc(C)c(C(=O)OCc2coc(-c3ccc(C)cc3)n2)c1. The van der Waals surface area contributed by atoms with Crippen LogP contribution < -0.4 is 4.72 Å². The van der Waals surface area contributed by atoms with Gasteiger partial charge in [-0.15, -0.1) is 0 Å². The Morgan fingerprint density at radius 2 is 1.86 bits per heavy atom. The monoisotopic (exact) mass is 414 g/mol. The predicted octanol–water partition coefficient (Wildman–Crippen LogP) is 3.61. The summed E-state index contributed by atoms with van der Waals surface area (Å²) in [5, 5.41) is 0. The third-order valence-electron chi connectivity index (χ3n) is 4.28. The second-order valence-corrected chi connectivity index (χ2v) is 8.33. The molecule has 0 saturated carbocycles. The molecule has 2 aromatic carbocycles. The van der Waals surface area contributed by atoms with E-state index in [1.807, 2.05) is 31.2 Å². The van der Waals surface area contributed by atoms with Crippen molar-refractivity contribution in [3.8, 4) is 11.5 Å². The number of ether oxygens (including phenoxy) is 1. The van der Waals surface area contributed by atoms with Crippen LogP contribution in [-0.2, 0) is 21.4 Å². The Balaban J connectivity index is 1.72. The molecule has 0 amide bonds. The maximum Gasteiger partial charge on any atom is 0.338 e. The number of sulfonamides is 1. The molecule has 0 atom stereocenters. The van der Waals surface area contributed by atoms with Gasteiger partial charge in [0.2, 0.25) is 15.9 Å². The minimum atomic E-state index is -3.67. The number of nitrogens with one attached hydrogen (secondary N) is 1. The first-order chi connectivity index (χ1) is 13.8. The van der Waals surface area contributed by atoms with Crippen molar-refractivity contribution in [2.24, 2.45) is 0 Å². The average molecular weight is 414 g/mol. The van der Waals surface area contributed by atoms with Gasteiger partial charge in [0.15, 0.2) is 0 Å². The van der Waals surface area contributed by atoms with E-state index < -0.39 is 16.0 Å². The van der Waals surface area contributed by atoms with Gasteiger partial charge in [-0.05, 0) is 43.7 Å². The molecule has 3 rings (SSSR count). The molecule has 0 aliphatic rings. The minimum Gasteiger partial charge on any atom is -0.455 e. The summed E-state index contributed by atoms with van der Waals surface area (Å²) in [6.07, 6.45) is 1.43. The molecule has 1 heterocycles. The highest BCUT2D eigenvalue weighted by molar-refractivity contribution is 7.89. The zero-order valence-corrected chi connectivity index (χ0v) is 17.2. The number of carbonyl (C=O) groups is 1. The van der Waals surface area contributed by atoms with Crippen molar-refractivity contribution in [3.05, 3.63) is 71.1 Å². The van der Waals surface area contributed by atoms with Crippen LogP contribution in [0.1, 0.15) is 34.1 Å². The van der Waals surface area contributed by atoms with Crippen LogP contribution in [0, 0.1) is 13.8 Å². The summed E-state index contributed by atoms with van der Waals surface area (Å²) in [6, 6.07) is 12.1. The Hall–Kier alpha value is -2.97. The lowest BCUT2D eigenvalue weighted by Crippen LogP contribution is -2.23. The van der Waals surface area contributed by atoms with E-state index in [0.29, 0.717) is 17.1 Å². The normalized spacial score (nSPS) is 11.4. The molecular weight excluding hydrogens is 392 g/mol. The first-order valence-electron chi connectivity index (χ1n) is 9.09. The summed E-state index contributed by atoms with van der Waals surface area (Å²) >= 11 is 0. The maximum absolute atomic E-state index is 12.5. The third-order valence-corrected chi connectivity index (χ3v) is 5.82. The number of hydrogen-bond acceptors (Lipinski definition) is 6. The number of benzene rings is 2. The first kappa shape index (κ1) is 20.8. The van der Waals surface area contributed by atoms with E-state index in [2.05, 4.69) is 9.71 Å². The number of carbonyl (C=O) groups excluding carboxylic acids is 1. The van der Waals surface area contributed by atoms with Gasteiger partial charge in [-0.25, -0.2) is 22.9 Å². The van der Waals surface area contributed by atoms with Crippen molar-refractivity contribution >= 4 is 16.0 Å². The van der Waals surface area contributed by atoms with Crippen molar-refractivity contribution in [1.82, 2.24) is 9.71 Å². The molecule has 0 radical (unpaired) electrons. The number of nitrogens with zero attached hydrogens (tertiary/aromatic N) is 1. The summed E-state index contributed by atoms with van der Waals surface area (Å²) in [5.41, 5.74) is 3.22. The number of aryl methyl sites for hydroxylation is 2. The highest BCUT2D eigenvalue weighted by atomic mass is 32.2. The van der Waals surface area contributed by atoms with Gasteiger partial charge in [-0.2, -0.15) is 0 Å². The fourth-order valence-corrected chi connectivity index (χ4v) is 3.75. The van der Waals surface area contributed by atoms with Gasteiger partial charge in [0, 0.05) is 12.1 Å². The van der Waals surface area contributed by atoms with E-state index in [9.17, 15) is 13.2 Å². The first-order valence-corrected chi connectivity index (χ1v) is 10.6. The van der Waals surface area contributed by atoms with Gasteiger partial charge in [0.05, 0.1) is 10.5 Å². The van der Waals surface area contributed by atoms with Crippen LogP contribution in [0.15, 0.2) is 58.0 Å². The van der Waals surface area contributed by atoms with Crippen molar-refractivity contribution in [2.45, 2.75) is 32.3 Å². The van der Waals surface area contributed by atoms with E-state index >= 15 is 0 Å². The van der Waals surface area contributed by atoms with Crippen molar-refractivity contribution in [1.29, 1.82) is 0 Å². The number of hydrogen-bond donors (Lipinski definition) is 1. The molecule has 0 fully saturated rings. The molecule has 0 saturated heterocycles. The van der Waals surface area contributed by atoms with E-state index in [1.165, 1.54) is 18.4 Å². The number of oxazole rings is 1. The lowest BCUT2D eigenvalue weighted by atomic mass is 10.1. The molecule has 0 bridgehead atoms. The number of esters is 1. The Kier molecular flexibility index (Phi) is 6.14. The van der Waals surface area contributed by atoms with Crippen molar-refractivity contribution < 1.29 is 22.4 Å². The topological polar surface area (TPSA) is 98.5 Å². The largest absolute Gasteiger partial charge is 0.455 e. The summed E-state index contributed by atoms with van der Waals surface area (Å²) < 4.78 is 37.5. The number of aromatic nitrogens is 1. The highest BCUT2D eigenvalue weighted by Crippen LogP contribution is 2.20. The van der Waals surface area contributed by atoms with Gasteiger partial charge in [0.1, 0.15) is 18.6 Å². The zero-order valence-electron chi connectivity index (χ0n) is 16.4. The van der Waals surface area contributed by atoms with Crippen LogP contribution >= 0.6 is 0 Å². The summed E-state index contributed by atoms with van der Waals surface area (Å²) in [7, 11) is -3.67. The van der Waals surface area contributed by atoms with Crippen LogP contribution in [0.5, 0.6) is 0 Å². The molecule has 0 spiro atoms. The molecule has 29 heavy (non-hydrogen) atoms. The standard InChI is InChI=1S/C21H22N2O5S/c1-4-22-29(25,26)18-10-7-15(3)19(11-18)21(24)28-13-17-12-27-20(23-17)16-8-5-14(2)6-9-16/h5-12,22H,4,13H2,1-3H3. The van der Waals surface area contributed by atoms with Crippen molar-refractivity contribution in [2.75, 3.05) is 6.54 Å². The van der Waals surface area contributed by atoms with Crippen LogP contribution in [0.4, 0.5) is 0 Å². The second kappa shape index (κ2) is 8.59. The van der Waals surface area contributed by atoms with Gasteiger partial charge in [0.25, 0.3) is 0 Å². The van der Waals surface area contributed by atoms with E-state index in [4.69, 9.17) is 9.15 Å². The molecular formula is C21H22N2O5S. The number of rotatable bonds is 7. The van der Waals surface area contributed by atoms with Gasteiger partial charge in [-0.3, -0.25) is 0 Å². The smallest absolute Gasteiger partial charge is 0.338 e. The Bertz CT molecular complexity index is 1120. The lowest BCUT2D eigenvalue weighted by molar-refractivity contribution is 0.0466. The average Bonchev–Trinajstić information content (AvgIpc) is 3.16. The fourth-order valence-electron chi connectivity index (χ4n) is 2.68. The van der Waals surface area contributed by atoms with Crippen LogP contribution in [0.3, 0.4) is 0 Å². The van der Waals surface area contributed by atoms with Gasteiger partial charge >= 0.3 is 5.97 Å². The van der Waals surface area contributed by atoms with Crippen molar-refractivity contribution in [3.63, 3.8) is 0 Å². The second-order valence-electron chi connectivity index (χ2n) is 6.56. The lowest BCUT2D eigenvalue weighted by Gasteiger charge is -2.09. The quantitative estimate of drug-likeness (QED) is 0.593. The molecule has 0 unspecified atom stereocenters. The zero-order chi connectivity index (χ0) is 21.0. The molecule has 0 aliphatic heterocycles. The molecule has 7 nitrogen and oxygen atoms in total. The van der Waals surface area contributed by atoms with E-state index in [0.717, 1.165) is 11.1 Å². The molecule has 0 aliphatic carbocycles. The molecule has 8 heteroatoms. The van der Waals surface area contributed by atoms with Crippen LogP contribution in [0.2, 0.25) is 0 Å². The molecule has 1 aromatic heterocycles. The molecule has 3 aromatic rings. The summed E-state index contributed by atoms with van der Waals surface area (Å²) in [4.78, 5) is 16.8. The van der Waals surface area contributed by atoms with E-state index in [-0.39, 0.29) is 23.6 Å². The summed E-state index contributed by atoms with van der Waals surface area (Å²) in [5.74, 6) is -0.193. The van der Waals surface area contributed by atoms with Crippen LogP contribution in [0.25, 0.3) is 11.5 Å². The highest BCUT2D eigenvalue weighted by Gasteiger charge is 2.18. The van der Waals surface area contributed by atoms with Gasteiger partial charge < -0.3 is 9.15 Å². The Morgan fingerprint density at radius 1 is 1.14 bits per heavy atom. The van der Waals surface area contributed by atoms with E-state index in [1.54, 1.807) is 19.9 Å². The summed E-state index contributed by atoms with van der Waals surface area (Å²) in [6.45, 7) is 5.56.